The van der Waals surface area contributed by atoms with Crippen LogP contribution in [-0.4, -0.2) is 37.1 Å². The maximum Gasteiger partial charge on any atom is 0.573 e. The molecule has 0 aromatic heterocycles. The van der Waals surface area contributed by atoms with Crippen molar-refractivity contribution in [2.24, 2.45) is 0 Å². The van der Waals surface area contributed by atoms with Crippen molar-refractivity contribution in [2.75, 3.05) is 6.54 Å². The topological polar surface area (TPSA) is 75.7 Å². The predicted molar refractivity (Wildman–Crippen MR) is 128 cm³/mol. The zero-order valence-electron chi connectivity index (χ0n) is 19.8. The van der Waals surface area contributed by atoms with Gasteiger partial charge in [0.15, 0.2) is 0 Å². The Kier molecular flexibility index (Phi) is 7.29. The number of nitrogens with one attached hydrogen (secondary N) is 1. The van der Waals surface area contributed by atoms with Crippen molar-refractivity contribution in [1.29, 1.82) is 0 Å². The molecule has 3 aromatic carbocycles. The third-order valence-electron chi connectivity index (χ3n) is 6.11. The Bertz CT molecular complexity index is 1370. The molecule has 0 aliphatic heterocycles. The van der Waals surface area contributed by atoms with E-state index < -0.39 is 33.6 Å². The predicted octanol–water partition coefficient (Wildman–Crippen LogP) is 5.25. The monoisotopic (exact) mass is 536 g/mol. The Morgan fingerprint density at radius 2 is 1.65 bits per heavy atom. The quantitative estimate of drug-likeness (QED) is 0.379. The van der Waals surface area contributed by atoms with E-state index in [4.69, 9.17) is 0 Å². The summed E-state index contributed by atoms with van der Waals surface area (Å²) in [6.45, 7) is 1.83. The zero-order chi connectivity index (χ0) is 26.8. The molecule has 0 atom stereocenters. The number of carbonyl (C=O) groups is 1. The molecule has 1 aliphatic carbocycles. The van der Waals surface area contributed by atoms with Crippen molar-refractivity contribution in [1.82, 2.24) is 9.62 Å². The molecule has 1 saturated carbocycles. The van der Waals surface area contributed by atoms with E-state index in [0.29, 0.717) is 18.4 Å². The van der Waals surface area contributed by atoms with Crippen LogP contribution >= 0.6 is 0 Å². The highest BCUT2D eigenvalue weighted by atomic mass is 32.2. The summed E-state index contributed by atoms with van der Waals surface area (Å²) in [5, 5.41) is 2.81. The minimum atomic E-state index is -4.77. The van der Waals surface area contributed by atoms with E-state index in [1.54, 1.807) is 31.2 Å². The molecular weight excluding hydrogens is 512 g/mol. The number of nitrogens with zero attached hydrogens (tertiary/aromatic N) is 1. The van der Waals surface area contributed by atoms with Crippen LogP contribution in [0.4, 0.5) is 17.6 Å². The first-order valence-corrected chi connectivity index (χ1v) is 12.9. The zero-order valence-corrected chi connectivity index (χ0v) is 20.6. The first kappa shape index (κ1) is 26.6. The van der Waals surface area contributed by atoms with Crippen LogP contribution in [0, 0.1) is 5.82 Å². The molecular formula is C26H24F4N2O4S. The summed E-state index contributed by atoms with van der Waals surface area (Å²) in [4.78, 5) is 13.1. The van der Waals surface area contributed by atoms with Gasteiger partial charge in [0, 0.05) is 13.1 Å². The Morgan fingerprint density at radius 1 is 1.00 bits per heavy atom. The molecule has 0 bridgehead atoms. The fourth-order valence-electron chi connectivity index (χ4n) is 4.20. The molecule has 1 amide bonds. The molecule has 0 saturated heterocycles. The maximum atomic E-state index is 13.3. The lowest BCUT2D eigenvalue weighted by atomic mass is 10.0. The third-order valence-corrected chi connectivity index (χ3v) is 8.17. The second kappa shape index (κ2) is 10.1. The van der Waals surface area contributed by atoms with Gasteiger partial charge >= 0.3 is 6.36 Å². The van der Waals surface area contributed by atoms with Crippen LogP contribution in [0.3, 0.4) is 0 Å². The molecule has 1 aliphatic rings. The van der Waals surface area contributed by atoms with Gasteiger partial charge in [-0.2, -0.15) is 4.31 Å². The van der Waals surface area contributed by atoms with Gasteiger partial charge in [0.05, 0.1) is 4.90 Å². The minimum absolute atomic E-state index is 0.0661. The highest BCUT2D eigenvalue weighted by molar-refractivity contribution is 7.89. The lowest BCUT2D eigenvalue weighted by Gasteiger charge is -2.29. The molecule has 1 fully saturated rings. The number of sulfonamides is 1. The van der Waals surface area contributed by atoms with Gasteiger partial charge in [0.1, 0.15) is 17.1 Å². The second-order valence-electron chi connectivity index (χ2n) is 8.61. The maximum absolute atomic E-state index is 13.3. The largest absolute Gasteiger partial charge is 0.573 e. The number of likely N-dealkylation sites (N-methyl/N-ethyl adjacent to an activating group) is 1. The summed E-state index contributed by atoms with van der Waals surface area (Å²) in [6, 6.07) is 17.0. The van der Waals surface area contributed by atoms with Gasteiger partial charge in [-0.3, -0.25) is 4.79 Å². The third kappa shape index (κ3) is 5.94. The number of alkyl halides is 3. The lowest BCUT2D eigenvalue weighted by Crippen LogP contribution is -2.51. The van der Waals surface area contributed by atoms with Gasteiger partial charge in [-0.05, 0) is 72.0 Å². The van der Waals surface area contributed by atoms with E-state index in [1.165, 1.54) is 36.4 Å². The normalized spacial score (nSPS) is 14.9. The van der Waals surface area contributed by atoms with Crippen LogP contribution in [0.5, 0.6) is 5.75 Å². The fraction of sp³-hybridized carbons (Fsp3) is 0.269. The van der Waals surface area contributed by atoms with E-state index in [0.717, 1.165) is 27.6 Å². The molecule has 3 aromatic rings. The summed E-state index contributed by atoms with van der Waals surface area (Å²) in [7, 11) is -4.02. The number of halogens is 4. The molecule has 0 spiro atoms. The number of hydrogen-bond acceptors (Lipinski definition) is 4. The SMILES string of the molecule is CCN(C1(C(=O)NCc2cccc(-c3ccc(OC(F)(F)F)cc3)c2)CC1)S(=O)(=O)c1ccc(F)cc1. The van der Waals surface area contributed by atoms with Gasteiger partial charge in [-0.1, -0.05) is 37.3 Å². The molecule has 0 radical (unpaired) electrons. The van der Waals surface area contributed by atoms with Crippen molar-refractivity contribution in [3.05, 3.63) is 84.2 Å². The number of ether oxygens (including phenoxy) is 1. The van der Waals surface area contributed by atoms with E-state index in [-0.39, 0.29) is 23.7 Å². The Balaban J connectivity index is 1.46. The number of carbonyl (C=O) groups excluding carboxylic acids is 1. The van der Waals surface area contributed by atoms with E-state index in [9.17, 15) is 30.8 Å². The fourth-order valence-corrected chi connectivity index (χ4v) is 6.00. The number of benzene rings is 3. The highest BCUT2D eigenvalue weighted by Gasteiger charge is 2.58. The highest BCUT2D eigenvalue weighted by Crippen LogP contribution is 2.45. The van der Waals surface area contributed by atoms with Gasteiger partial charge in [0.25, 0.3) is 0 Å². The average molecular weight is 537 g/mol. The standard InChI is InChI=1S/C26H24F4N2O4S/c1-2-32(37(34,35)23-12-8-21(27)9-13-23)25(14-15-25)24(33)31-17-18-4-3-5-20(16-18)19-6-10-22(11-7-19)36-26(28,29)30/h3-13,16H,2,14-15,17H2,1H3,(H,31,33). The summed E-state index contributed by atoms with van der Waals surface area (Å²) in [5.41, 5.74) is 0.889. The molecule has 4 rings (SSSR count). The van der Waals surface area contributed by atoms with Crippen LogP contribution in [0.25, 0.3) is 11.1 Å². The summed E-state index contributed by atoms with van der Waals surface area (Å²) in [6.07, 6.45) is -4.05. The Labute approximate surface area is 211 Å². The van der Waals surface area contributed by atoms with Gasteiger partial charge in [-0.15, -0.1) is 13.2 Å². The summed E-state index contributed by atoms with van der Waals surface area (Å²) in [5.74, 6) is -1.32. The summed E-state index contributed by atoms with van der Waals surface area (Å²) >= 11 is 0. The Morgan fingerprint density at radius 3 is 2.22 bits per heavy atom. The second-order valence-corrected chi connectivity index (χ2v) is 10.5. The molecule has 11 heteroatoms. The smallest absolute Gasteiger partial charge is 0.406 e. The van der Waals surface area contributed by atoms with Crippen LogP contribution in [0.1, 0.15) is 25.3 Å². The van der Waals surface area contributed by atoms with E-state index >= 15 is 0 Å². The van der Waals surface area contributed by atoms with Crippen molar-refractivity contribution >= 4 is 15.9 Å². The van der Waals surface area contributed by atoms with Crippen molar-refractivity contribution < 1.29 is 35.5 Å². The number of rotatable bonds is 9. The molecule has 0 heterocycles. The average Bonchev–Trinajstić information content (AvgIpc) is 3.64. The van der Waals surface area contributed by atoms with Crippen LogP contribution in [0.15, 0.2) is 77.7 Å². The summed E-state index contributed by atoms with van der Waals surface area (Å²) < 4.78 is 81.9. The van der Waals surface area contributed by atoms with Gasteiger partial charge in [-0.25, -0.2) is 12.8 Å². The van der Waals surface area contributed by atoms with Crippen molar-refractivity contribution in [3.8, 4) is 16.9 Å². The van der Waals surface area contributed by atoms with E-state index in [2.05, 4.69) is 10.1 Å². The first-order chi connectivity index (χ1) is 17.4. The van der Waals surface area contributed by atoms with Crippen LogP contribution < -0.4 is 10.1 Å². The van der Waals surface area contributed by atoms with Gasteiger partial charge in [0.2, 0.25) is 15.9 Å². The van der Waals surface area contributed by atoms with Crippen molar-refractivity contribution in [2.45, 2.75) is 43.1 Å². The van der Waals surface area contributed by atoms with Gasteiger partial charge < -0.3 is 10.1 Å². The minimum Gasteiger partial charge on any atom is -0.406 e. The van der Waals surface area contributed by atoms with Crippen molar-refractivity contribution in [3.63, 3.8) is 0 Å². The number of hydrogen-bond donors (Lipinski definition) is 1. The van der Waals surface area contributed by atoms with Crippen LogP contribution in [-0.2, 0) is 21.4 Å². The molecule has 6 nitrogen and oxygen atoms in total. The lowest BCUT2D eigenvalue weighted by molar-refractivity contribution is -0.274. The molecule has 37 heavy (non-hydrogen) atoms. The molecule has 196 valence electrons. The first-order valence-electron chi connectivity index (χ1n) is 11.5. The Hall–Kier alpha value is -3.44. The number of amides is 1. The molecule has 1 N–H and O–H groups in total. The van der Waals surface area contributed by atoms with E-state index in [1.807, 2.05) is 0 Å². The van der Waals surface area contributed by atoms with Crippen LogP contribution in [0.2, 0.25) is 0 Å². The molecule has 0 unspecified atom stereocenters.